The van der Waals surface area contributed by atoms with E-state index in [1.807, 2.05) is 12.1 Å². The Morgan fingerprint density at radius 1 is 1.11 bits per heavy atom. The Bertz CT molecular complexity index is 1090. The van der Waals surface area contributed by atoms with Crippen LogP contribution in [0.25, 0.3) is 10.9 Å². The number of para-hydroxylation sites is 1. The average molecular weight is 398 g/mol. The molecule has 0 saturated carbocycles. The molecule has 2 aromatic carbocycles. The maximum atomic E-state index is 12.9. The van der Waals surface area contributed by atoms with E-state index in [1.54, 1.807) is 48.5 Å². The molecule has 7 heteroatoms. The molecule has 3 rings (SSSR count). The first kappa shape index (κ1) is 19.8. The van der Waals surface area contributed by atoms with Crippen LogP contribution in [0.2, 0.25) is 0 Å². The zero-order valence-electron chi connectivity index (χ0n) is 15.9. The van der Waals surface area contributed by atoms with E-state index in [1.165, 1.54) is 12.1 Å². The van der Waals surface area contributed by atoms with Crippen molar-refractivity contribution in [3.63, 3.8) is 0 Å². The van der Waals surface area contributed by atoms with Crippen molar-refractivity contribution in [1.29, 1.82) is 0 Å². The lowest BCUT2D eigenvalue weighted by atomic mass is 10.2. The van der Waals surface area contributed by atoms with Crippen molar-refractivity contribution in [2.45, 2.75) is 24.7 Å². The molecule has 146 valence electrons. The number of fused-ring (bicyclic) bond motifs is 1. The Morgan fingerprint density at radius 2 is 1.86 bits per heavy atom. The van der Waals surface area contributed by atoms with Crippen LogP contribution in [0.3, 0.4) is 0 Å². The van der Waals surface area contributed by atoms with Crippen LogP contribution >= 0.6 is 0 Å². The smallest absolute Gasteiger partial charge is 0.261 e. The third kappa shape index (κ3) is 4.31. The van der Waals surface area contributed by atoms with Crippen molar-refractivity contribution < 1.29 is 13.2 Å². The van der Waals surface area contributed by atoms with Crippen molar-refractivity contribution in [2.75, 3.05) is 18.3 Å². The van der Waals surface area contributed by atoms with Crippen LogP contribution in [0.4, 0.5) is 5.69 Å². The lowest BCUT2D eigenvalue weighted by molar-refractivity contribution is 0.0793. The fraction of sp³-hybridized carbons (Fsp3) is 0.238. The molecule has 1 aromatic heterocycles. The molecule has 0 saturated heterocycles. The first-order valence-electron chi connectivity index (χ1n) is 9.14. The second-order valence-electron chi connectivity index (χ2n) is 6.59. The van der Waals surface area contributed by atoms with Crippen molar-refractivity contribution in [3.8, 4) is 0 Å². The summed E-state index contributed by atoms with van der Waals surface area (Å²) in [5.74, 6) is -0.197. The van der Waals surface area contributed by atoms with Crippen molar-refractivity contribution >= 4 is 32.5 Å². The number of rotatable bonds is 7. The number of nitrogens with zero attached hydrogens (tertiary/aromatic N) is 2. The fourth-order valence-corrected chi connectivity index (χ4v) is 4.02. The highest BCUT2D eigenvalue weighted by Gasteiger charge is 2.19. The van der Waals surface area contributed by atoms with Gasteiger partial charge in [0.05, 0.1) is 16.1 Å². The number of amides is 1. The summed E-state index contributed by atoms with van der Waals surface area (Å²) in [6.07, 6.45) is 3.50. The fourth-order valence-electron chi connectivity index (χ4n) is 2.90. The summed E-state index contributed by atoms with van der Waals surface area (Å²) in [5, 5.41) is 0.837. The number of nitrogens with one attached hydrogen (secondary N) is 1. The minimum absolute atomic E-state index is 0.0372. The van der Waals surface area contributed by atoms with E-state index in [2.05, 4.69) is 16.6 Å². The van der Waals surface area contributed by atoms with Gasteiger partial charge in [0.2, 0.25) is 0 Å². The van der Waals surface area contributed by atoms with E-state index >= 15 is 0 Å². The molecule has 28 heavy (non-hydrogen) atoms. The maximum absolute atomic E-state index is 12.9. The number of anilines is 1. The molecule has 6 nitrogen and oxygen atoms in total. The topological polar surface area (TPSA) is 79.4 Å². The summed E-state index contributed by atoms with van der Waals surface area (Å²) >= 11 is 0. The summed E-state index contributed by atoms with van der Waals surface area (Å²) in [5.41, 5.74) is 1.31. The van der Waals surface area contributed by atoms with Crippen LogP contribution in [-0.4, -0.2) is 37.8 Å². The molecule has 0 spiro atoms. The minimum atomic E-state index is -3.86. The molecular formula is C21H23N3O3S. The summed E-state index contributed by atoms with van der Waals surface area (Å²) in [7, 11) is -2.14. The Hall–Kier alpha value is -2.93. The van der Waals surface area contributed by atoms with Gasteiger partial charge in [0.25, 0.3) is 15.9 Å². The molecule has 0 fully saturated rings. The van der Waals surface area contributed by atoms with Gasteiger partial charge in [0.1, 0.15) is 0 Å². The van der Waals surface area contributed by atoms with Gasteiger partial charge < -0.3 is 4.90 Å². The van der Waals surface area contributed by atoms with Gasteiger partial charge in [-0.25, -0.2) is 8.42 Å². The van der Waals surface area contributed by atoms with Crippen LogP contribution in [-0.2, 0) is 10.0 Å². The number of carbonyl (C=O) groups excluding carboxylic acids is 1. The molecule has 1 N–H and O–H groups in total. The minimum Gasteiger partial charge on any atom is -0.342 e. The summed E-state index contributed by atoms with van der Waals surface area (Å²) in [4.78, 5) is 18.5. The SMILES string of the molecule is CCCCN(C)C(=O)c1cccc(S(=O)(=O)Nc2cccc3cccnc23)c1. The molecular weight excluding hydrogens is 374 g/mol. The monoisotopic (exact) mass is 397 g/mol. The zero-order chi connectivity index (χ0) is 20.1. The number of unbranched alkanes of at least 4 members (excludes halogenated alkanes) is 1. The predicted octanol–water partition coefficient (Wildman–Crippen LogP) is 3.91. The molecule has 1 amide bonds. The Morgan fingerprint density at radius 3 is 2.64 bits per heavy atom. The highest BCUT2D eigenvalue weighted by atomic mass is 32.2. The average Bonchev–Trinajstić information content (AvgIpc) is 2.71. The molecule has 0 aliphatic rings. The van der Waals surface area contributed by atoms with Crippen molar-refractivity contribution in [1.82, 2.24) is 9.88 Å². The quantitative estimate of drug-likeness (QED) is 0.656. The van der Waals surface area contributed by atoms with Crippen LogP contribution in [0.15, 0.2) is 65.7 Å². The third-order valence-electron chi connectivity index (χ3n) is 4.46. The van der Waals surface area contributed by atoms with Crippen LogP contribution < -0.4 is 4.72 Å². The normalized spacial score (nSPS) is 11.4. The second-order valence-corrected chi connectivity index (χ2v) is 8.28. The second kappa shape index (κ2) is 8.39. The van der Waals surface area contributed by atoms with Gasteiger partial charge in [0, 0.05) is 30.7 Å². The van der Waals surface area contributed by atoms with Gasteiger partial charge in [-0.1, -0.05) is 37.6 Å². The molecule has 0 bridgehead atoms. The van der Waals surface area contributed by atoms with Crippen LogP contribution in [0.1, 0.15) is 30.1 Å². The number of aromatic nitrogens is 1. The number of hydrogen-bond acceptors (Lipinski definition) is 4. The Balaban J connectivity index is 1.89. The highest BCUT2D eigenvalue weighted by Crippen LogP contribution is 2.24. The number of benzene rings is 2. The lowest BCUT2D eigenvalue weighted by Gasteiger charge is -2.17. The van der Waals surface area contributed by atoms with E-state index in [-0.39, 0.29) is 10.8 Å². The van der Waals surface area contributed by atoms with Crippen molar-refractivity contribution in [2.24, 2.45) is 0 Å². The third-order valence-corrected chi connectivity index (χ3v) is 5.83. The molecule has 0 radical (unpaired) electrons. The van der Waals surface area contributed by atoms with Crippen molar-refractivity contribution in [3.05, 3.63) is 66.4 Å². The zero-order valence-corrected chi connectivity index (χ0v) is 16.7. The van der Waals surface area contributed by atoms with E-state index < -0.39 is 10.0 Å². The summed E-state index contributed by atoms with van der Waals surface area (Å²) in [6, 6.07) is 15.1. The first-order valence-corrected chi connectivity index (χ1v) is 10.6. The predicted molar refractivity (Wildman–Crippen MR) is 111 cm³/mol. The molecule has 3 aromatic rings. The molecule has 0 atom stereocenters. The molecule has 1 heterocycles. The van der Waals surface area contributed by atoms with Gasteiger partial charge in [-0.2, -0.15) is 0 Å². The Kier molecular flexibility index (Phi) is 5.94. The maximum Gasteiger partial charge on any atom is 0.261 e. The van der Waals surface area contributed by atoms with E-state index in [9.17, 15) is 13.2 Å². The molecule has 0 aliphatic heterocycles. The van der Waals surface area contributed by atoms with Gasteiger partial charge in [-0.05, 0) is 36.8 Å². The number of pyridine rings is 1. The number of sulfonamides is 1. The van der Waals surface area contributed by atoms with Gasteiger partial charge in [-0.15, -0.1) is 0 Å². The van der Waals surface area contributed by atoms with E-state index in [4.69, 9.17) is 0 Å². The van der Waals surface area contributed by atoms with Crippen LogP contribution in [0.5, 0.6) is 0 Å². The van der Waals surface area contributed by atoms with Gasteiger partial charge in [-0.3, -0.25) is 14.5 Å². The molecule has 0 unspecified atom stereocenters. The summed E-state index contributed by atoms with van der Waals surface area (Å²) in [6.45, 7) is 2.69. The van der Waals surface area contributed by atoms with E-state index in [0.29, 0.717) is 23.3 Å². The van der Waals surface area contributed by atoms with E-state index in [0.717, 1.165) is 18.2 Å². The summed E-state index contributed by atoms with van der Waals surface area (Å²) < 4.78 is 28.4. The standard InChI is InChI=1S/C21H23N3O3S/c1-3-4-14-24(2)21(25)17-9-5-11-18(15-17)28(26,27)23-19-12-6-8-16-10-7-13-22-20(16)19/h5-13,15,23H,3-4,14H2,1-2H3. The number of carbonyl (C=O) groups is 1. The first-order chi connectivity index (χ1) is 13.4. The lowest BCUT2D eigenvalue weighted by Crippen LogP contribution is -2.28. The van der Waals surface area contributed by atoms with Crippen LogP contribution in [0, 0.1) is 0 Å². The highest BCUT2D eigenvalue weighted by molar-refractivity contribution is 7.92. The van der Waals surface area contributed by atoms with Gasteiger partial charge in [0.15, 0.2) is 0 Å². The molecule has 0 aliphatic carbocycles. The number of hydrogen-bond donors (Lipinski definition) is 1. The largest absolute Gasteiger partial charge is 0.342 e. The Labute approximate surface area is 165 Å². The van der Waals surface area contributed by atoms with Gasteiger partial charge >= 0.3 is 0 Å².